The zero-order chi connectivity index (χ0) is 11.4. The van der Waals surface area contributed by atoms with Gasteiger partial charge in [0.15, 0.2) is 0 Å². The Balaban J connectivity index is 4.35. The number of nitrogens with one attached hydrogen (secondary N) is 1. The lowest BCUT2D eigenvalue weighted by Gasteiger charge is -2.16. The fourth-order valence-electron chi connectivity index (χ4n) is 0.788. The first kappa shape index (κ1) is 12.9. The molecule has 2 amide bonds. The summed E-state index contributed by atoms with van der Waals surface area (Å²) in [7, 11) is 0. The zero-order valence-corrected chi connectivity index (χ0v) is 9.60. The van der Waals surface area contributed by atoms with Gasteiger partial charge in [0.25, 0.3) is 5.91 Å². The van der Waals surface area contributed by atoms with E-state index < -0.39 is 5.41 Å². The van der Waals surface area contributed by atoms with Crippen molar-refractivity contribution in [3.05, 3.63) is 11.6 Å². The highest BCUT2D eigenvalue weighted by Crippen LogP contribution is 2.12. The van der Waals surface area contributed by atoms with E-state index >= 15 is 0 Å². The molecule has 0 bridgehead atoms. The molecule has 0 rings (SSSR count). The maximum Gasteiger partial charge on any atom is 0.253 e. The van der Waals surface area contributed by atoms with Crippen LogP contribution in [0.2, 0.25) is 0 Å². The van der Waals surface area contributed by atoms with Gasteiger partial charge in [-0.05, 0) is 13.3 Å². The average Bonchev–Trinajstić information content (AvgIpc) is 2.02. The first-order chi connectivity index (χ1) is 6.29. The van der Waals surface area contributed by atoms with Crippen molar-refractivity contribution in [1.82, 2.24) is 5.32 Å². The molecule has 0 aliphatic heterocycles. The molecule has 3 nitrogen and oxygen atoms in total. The molecule has 0 atom stereocenters. The first-order valence-electron chi connectivity index (χ1n) is 4.81. The van der Waals surface area contributed by atoms with Crippen molar-refractivity contribution >= 4 is 11.8 Å². The van der Waals surface area contributed by atoms with Crippen LogP contribution in [0.15, 0.2) is 11.6 Å². The molecule has 14 heavy (non-hydrogen) atoms. The quantitative estimate of drug-likeness (QED) is 0.688. The minimum Gasteiger partial charge on any atom is -0.292 e. The van der Waals surface area contributed by atoms with Crippen LogP contribution in [-0.4, -0.2) is 11.8 Å². The number of amides is 2. The molecule has 0 aliphatic carbocycles. The molecule has 0 aromatic heterocycles. The molecule has 3 heteroatoms. The summed E-state index contributed by atoms with van der Waals surface area (Å²) in [6, 6.07) is 0. The van der Waals surface area contributed by atoms with Crippen LogP contribution in [0, 0.1) is 5.41 Å². The smallest absolute Gasteiger partial charge is 0.253 e. The van der Waals surface area contributed by atoms with Crippen LogP contribution in [0.3, 0.4) is 0 Å². The molecule has 1 N–H and O–H groups in total. The van der Waals surface area contributed by atoms with Gasteiger partial charge in [-0.15, -0.1) is 0 Å². The highest BCUT2D eigenvalue weighted by molar-refractivity contribution is 6.05. The van der Waals surface area contributed by atoms with Crippen molar-refractivity contribution in [2.45, 2.75) is 41.0 Å². The normalized spacial score (nSPS) is 12.5. The number of imide groups is 1. The number of hydrogen-bond donors (Lipinski definition) is 1. The monoisotopic (exact) mass is 197 g/mol. The van der Waals surface area contributed by atoms with Gasteiger partial charge in [0.2, 0.25) is 5.91 Å². The molecule has 0 aromatic carbocycles. The van der Waals surface area contributed by atoms with Gasteiger partial charge in [-0.1, -0.05) is 33.8 Å². The summed E-state index contributed by atoms with van der Waals surface area (Å²) in [4.78, 5) is 22.8. The Morgan fingerprint density at radius 3 is 2.14 bits per heavy atom. The Hall–Kier alpha value is -1.12. The molecule has 0 heterocycles. The van der Waals surface area contributed by atoms with Gasteiger partial charge >= 0.3 is 0 Å². The molecule has 0 saturated heterocycles. The third-order valence-electron chi connectivity index (χ3n) is 1.78. The van der Waals surface area contributed by atoms with Gasteiger partial charge in [-0.2, -0.15) is 0 Å². The third kappa shape index (κ3) is 4.21. The maximum absolute atomic E-state index is 11.4. The van der Waals surface area contributed by atoms with Crippen LogP contribution in [-0.2, 0) is 9.59 Å². The molecule has 80 valence electrons. The predicted molar refractivity (Wildman–Crippen MR) is 56.7 cm³/mol. The van der Waals surface area contributed by atoms with E-state index in [0.717, 1.165) is 6.42 Å². The van der Waals surface area contributed by atoms with Crippen LogP contribution in [0.5, 0.6) is 0 Å². The third-order valence-corrected chi connectivity index (χ3v) is 1.78. The Labute approximate surface area is 85.6 Å². The van der Waals surface area contributed by atoms with Crippen molar-refractivity contribution in [1.29, 1.82) is 0 Å². The Bertz CT molecular complexity index is 259. The predicted octanol–water partition coefficient (Wildman–Crippen LogP) is 2.03. The molecule has 0 saturated carbocycles. The Kier molecular flexibility index (Phi) is 4.54. The number of hydrogen-bond acceptors (Lipinski definition) is 2. The first-order valence-corrected chi connectivity index (χ1v) is 4.81. The van der Waals surface area contributed by atoms with Crippen LogP contribution < -0.4 is 5.32 Å². The number of carbonyl (C=O) groups excluding carboxylic acids is 2. The minimum absolute atomic E-state index is 0.244. The van der Waals surface area contributed by atoms with Crippen LogP contribution in [0.25, 0.3) is 0 Å². The lowest BCUT2D eigenvalue weighted by atomic mass is 9.95. The summed E-state index contributed by atoms with van der Waals surface area (Å²) in [5, 5.41) is 2.36. The highest BCUT2D eigenvalue weighted by Gasteiger charge is 2.23. The van der Waals surface area contributed by atoms with Crippen molar-refractivity contribution in [2.24, 2.45) is 5.41 Å². The molecule has 0 aromatic rings. The second-order valence-electron chi connectivity index (χ2n) is 4.33. The Morgan fingerprint density at radius 2 is 1.79 bits per heavy atom. The van der Waals surface area contributed by atoms with E-state index in [9.17, 15) is 9.59 Å². The number of allylic oxidation sites excluding steroid dienone is 1. The SMILES string of the molecule is CC/C=C(\C)C(=O)NC(=O)C(C)(C)C. The highest BCUT2D eigenvalue weighted by atomic mass is 16.2. The summed E-state index contributed by atoms with van der Waals surface area (Å²) < 4.78 is 0. The van der Waals surface area contributed by atoms with E-state index in [4.69, 9.17) is 0 Å². The topological polar surface area (TPSA) is 46.2 Å². The minimum atomic E-state index is -0.526. The molecule has 0 radical (unpaired) electrons. The molecular formula is C11H19NO2. The van der Waals surface area contributed by atoms with Crippen molar-refractivity contribution in [2.75, 3.05) is 0 Å². The summed E-state index contributed by atoms with van der Waals surface area (Å²) in [5.74, 6) is -0.543. The molecule has 0 aliphatic rings. The average molecular weight is 197 g/mol. The van der Waals surface area contributed by atoms with E-state index in [1.807, 2.05) is 6.92 Å². The van der Waals surface area contributed by atoms with E-state index in [0.29, 0.717) is 5.57 Å². The van der Waals surface area contributed by atoms with Crippen molar-refractivity contribution < 1.29 is 9.59 Å². The van der Waals surface area contributed by atoms with Crippen LogP contribution in [0.1, 0.15) is 41.0 Å². The maximum atomic E-state index is 11.4. The largest absolute Gasteiger partial charge is 0.292 e. The standard InChI is InChI=1S/C11H19NO2/c1-6-7-8(2)9(13)12-10(14)11(3,4)5/h7H,6H2,1-5H3,(H,12,13,14)/b8-7+. The molecule has 0 spiro atoms. The number of rotatable bonds is 2. The van der Waals surface area contributed by atoms with Gasteiger partial charge in [-0.3, -0.25) is 14.9 Å². The summed E-state index contributed by atoms with van der Waals surface area (Å²) >= 11 is 0. The number of carbonyl (C=O) groups is 2. The fraction of sp³-hybridized carbons (Fsp3) is 0.636. The van der Waals surface area contributed by atoms with Gasteiger partial charge in [0.05, 0.1) is 0 Å². The van der Waals surface area contributed by atoms with Gasteiger partial charge in [0, 0.05) is 11.0 Å². The fourth-order valence-corrected chi connectivity index (χ4v) is 0.788. The van der Waals surface area contributed by atoms with Gasteiger partial charge in [-0.25, -0.2) is 0 Å². The van der Waals surface area contributed by atoms with E-state index in [1.54, 1.807) is 33.8 Å². The lowest BCUT2D eigenvalue weighted by molar-refractivity contribution is -0.133. The second kappa shape index (κ2) is 4.94. The summed E-state index contributed by atoms with van der Waals surface area (Å²) in [5.41, 5.74) is 0.0624. The van der Waals surface area contributed by atoms with Crippen molar-refractivity contribution in [3.63, 3.8) is 0 Å². The molecule has 0 fully saturated rings. The molecular weight excluding hydrogens is 178 g/mol. The van der Waals surface area contributed by atoms with Crippen LogP contribution in [0.4, 0.5) is 0 Å². The summed E-state index contributed by atoms with van der Waals surface area (Å²) in [6.07, 6.45) is 2.59. The van der Waals surface area contributed by atoms with E-state index in [2.05, 4.69) is 5.32 Å². The molecule has 0 unspecified atom stereocenters. The van der Waals surface area contributed by atoms with Crippen LogP contribution >= 0.6 is 0 Å². The second-order valence-corrected chi connectivity index (χ2v) is 4.33. The van der Waals surface area contributed by atoms with Gasteiger partial charge in [0.1, 0.15) is 0 Å². The van der Waals surface area contributed by atoms with Gasteiger partial charge < -0.3 is 0 Å². The van der Waals surface area contributed by atoms with E-state index in [-0.39, 0.29) is 11.8 Å². The van der Waals surface area contributed by atoms with E-state index in [1.165, 1.54) is 0 Å². The van der Waals surface area contributed by atoms with Crippen molar-refractivity contribution in [3.8, 4) is 0 Å². The Morgan fingerprint density at radius 1 is 1.29 bits per heavy atom. The zero-order valence-electron chi connectivity index (χ0n) is 9.60. The lowest BCUT2D eigenvalue weighted by Crippen LogP contribution is -2.39. The summed E-state index contributed by atoms with van der Waals surface area (Å²) in [6.45, 7) is 8.97.